The standard InChI is InChI=1S/C17H26N2OS/c1-3-19(4-2)16-8-9-18(12-16)13-17-11-15(14-21-17)7-5-6-10-20/h11,14,16,20H,3-4,6,8-10,12-13H2,1-2H3. The van der Waals surface area contributed by atoms with Crippen molar-refractivity contribution in [2.75, 3.05) is 32.8 Å². The number of likely N-dealkylation sites (tertiary alicyclic amines) is 1. The Balaban J connectivity index is 1.85. The molecule has 1 atom stereocenters. The number of hydrogen-bond acceptors (Lipinski definition) is 4. The number of thiophene rings is 1. The second kappa shape index (κ2) is 8.55. The molecule has 1 aliphatic rings. The highest BCUT2D eigenvalue weighted by Crippen LogP contribution is 2.21. The lowest BCUT2D eigenvalue weighted by Crippen LogP contribution is -2.37. The van der Waals surface area contributed by atoms with E-state index in [1.54, 1.807) is 11.3 Å². The van der Waals surface area contributed by atoms with Crippen LogP contribution in [0.5, 0.6) is 0 Å². The van der Waals surface area contributed by atoms with Crippen molar-refractivity contribution in [3.8, 4) is 11.8 Å². The smallest absolute Gasteiger partial charge is 0.0540 e. The summed E-state index contributed by atoms with van der Waals surface area (Å²) >= 11 is 1.80. The van der Waals surface area contributed by atoms with Crippen LogP contribution in [0, 0.1) is 11.8 Å². The highest BCUT2D eigenvalue weighted by atomic mass is 32.1. The van der Waals surface area contributed by atoms with Gasteiger partial charge >= 0.3 is 0 Å². The van der Waals surface area contributed by atoms with Crippen molar-refractivity contribution in [2.24, 2.45) is 0 Å². The van der Waals surface area contributed by atoms with Gasteiger partial charge in [-0.15, -0.1) is 11.3 Å². The minimum absolute atomic E-state index is 0.143. The first-order chi connectivity index (χ1) is 10.3. The maximum Gasteiger partial charge on any atom is 0.0540 e. The largest absolute Gasteiger partial charge is 0.395 e. The van der Waals surface area contributed by atoms with E-state index in [9.17, 15) is 0 Å². The molecule has 3 nitrogen and oxygen atoms in total. The van der Waals surface area contributed by atoms with Gasteiger partial charge in [-0.3, -0.25) is 9.80 Å². The Morgan fingerprint density at radius 1 is 1.43 bits per heavy atom. The molecule has 1 N–H and O–H groups in total. The molecule has 1 saturated heterocycles. The minimum atomic E-state index is 0.143. The van der Waals surface area contributed by atoms with Gasteiger partial charge in [0.2, 0.25) is 0 Å². The third kappa shape index (κ3) is 4.82. The van der Waals surface area contributed by atoms with Crippen LogP contribution in [0.1, 0.15) is 37.1 Å². The molecule has 1 unspecified atom stereocenters. The van der Waals surface area contributed by atoms with E-state index >= 15 is 0 Å². The van der Waals surface area contributed by atoms with Gasteiger partial charge < -0.3 is 5.11 Å². The van der Waals surface area contributed by atoms with Gasteiger partial charge in [0.05, 0.1) is 6.61 Å². The summed E-state index contributed by atoms with van der Waals surface area (Å²) in [4.78, 5) is 6.52. The first-order valence-electron chi connectivity index (χ1n) is 7.90. The lowest BCUT2D eigenvalue weighted by molar-refractivity contribution is 0.209. The second-order valence-electron chi connectivity index (χ2n) is 5.48. The van der Waals surface area contributed by atoms with E-state index in [0.29, 0.717) is 6.42 Å². The summed E-state index contributed by atoms with van der Waals surface area (Å²) < 4.78 is 0. The van der Waals surface area contributed by atoms with Crippen molar-refractivity contribution >= 4 is 11.3 Å². The Kier molecular flexibility index (Phi) is 6.72. The van der Waals surface area contributed by atoms with Crippen LogP contribution in [0.4, 0.5) is 0 Å². The highest BCUT2D eigenvalue weighted by molar-refractivity contribution is 7.10. The van der Waals surface area contributed by atoms with Crippen LogP contribution in [-0.4, -0.2) is 53.7 Å². The molecule has 0 spiro atoms. The van der Waals surface area contributed by atoms with Gasteiger partial charge in [0.15, 0.2) is 0 Å². The van der Waals surface area contributed by atoms with Crippen molar-refractivity contribution in [1.82, 2.24) is 9.80 Å². The fourth-order valence-corrected chi connectivity index (χ4v) is 3.82. The van der Waals surface area contributed by atoms with Crippen LogP contribution in [0.2, 0.25) is 0 Å². The Morgan fingerprint density at radius 3 is 2.95 bits per heavy atom. The molecule has 116 valence electrons. The Hall–Kier alpha value is -0.860. The number of aliphatic hydroxyl groups excluding tert-OH is 1. The van der Waals surface area contributed by atoms with E-state index in [1.165, 1.54) is 24.4 Å². The predicted molar refractivity (Wildman–Crippen MR) is 89.5 cm³/mol. The van der Waals surface area contributed by atoms with E-state index < -0.39 is 0 Å². The number of nitrogens with zero attached hydrogens (tertiary/aromatic N) is 2. The predicted octanol–water partition coefficient (Wildman–Crippen LogP) is 2.40. The lowest BCUT2D eigenvalue weighted by atomic mass is 10.2. The molecular weight excluding hydrogens is 280 g/mol. The summed E-state index contributed by atoms with van der Waals surface area (Å²) in [6, 6.07) is 2.92. The lowest BCUT2D eigenvalue weighted by Gasteiger charge is -2.26. The van der Waals surface area contributed by atoms with E-state index in [2.05, 4.69) is 46.9 Å². The molecule has 21 heavy (non-hydrogen) atoms. The number of aliphatic hydroxyl groups is 1. The molecule has 1 aliphatic heterocycles. The SMILES string of the molecule is CCN(CC)C1CCN(Cc2cc(C#CCCO)cs2)C1. The molecule has 4 heteroatoms. The maximum absolute atomic E-state index is 8.74. The summed E-state index contributed by atoms with van der Waals surface area (Å²) in [6.07, 6.45) is 1.85. The van der Waals surface area contributed by atoms with Crippen LogP contribution in [0.25, 0.3) is 0 Å². The highest BCUT2D eigenvalue weighted by Gasteiger charge is 2.26. The molecule has 1 aromatic heterocycles. The molecule has 2 rings (SSSR count). The van der Waals surface area contributed by atoms with Gasteiger partial charge in [-0.05, 0) is 25.6 Å². The fourth-order valence-electron chi connectivity index (χ4n) is 2.96. The molecule has 1 aromatic rings. The summed E-state index contributed by atoms with van der Waals surface area (Å²) in [5.41, 5.74) is 1.09. The average Bonchev–Trinajstić information content (AvgIpc) is 3.11. The molecule has 0 amide bonds. The van der Waals surface area contributed by atoms with Crippen LogP contribution in [-0.2, 0) is 6.54 Å². The molecule has 0 aliphatic carbocycles. The molecule has 0 aromatic carbocycles. The van der Waals surface area contributed by atoms with Gasteiger partial charge in [0.25, 0.3) is 0 Å². The fraction of sp³-hybridized carbons (Fsp3) is 0.647. The summed E-state index contributed by atoms with van der Waals surface area (Å²) in [6.45, 7) is 10.4. The van der Waals surface area contributed by atoms with Crippen LogP contribution in [0.15, 0.2) is 11.4 Å². The minimum Gasteiger partial charge on any atom is -0.395 e. The van der Waals surface area contributed by atoms with E-state index in [-0.39, 0.29) is 6.61 Å². The zero-order valence-electron chi connectivity index (χ0n) is 13.1. The number of rotatable bonds is 6. The molecule has 2 heterocycles. The second-order valence-corrected chi connectivity index (χ2v) is 6.47. The summed E-state index contributed by atoms with van der Waals surface area (Å²) in [7, 11) is 0. The van der Waals surface area contributed by atoms with Crippen LogP contribution < -0.4 is 0 Å². The average molecular weight is 306 g/mol. The third-order valence-electron chi connectivity index (χ3n) is 4.08. The van der Waals surface area contributed by atoms with Gasteiger partial charge in [-0.1, -0.05) is 25.7 Å². The Bertz CT molecular complexity index is 484. The van der Waals surface area contributed by atoms with Crippen molar-refractivity contribution in [3.05, 3.63) is 21.9 Å². The van der Waals surface area contributed by atoms with Gasteiger partial charge in [0, 0.05) is 47.9 Å². The zero-order valence-corrected chi connectivity index (χ0v) is 14.0. The first kappa shape index (κ1) is 16.5. The van der Waals surface area contributed by atoms with Crippen molar-refractivity contribution in [2.45, 2.75) is 39.3 Å². The topological polar surface area (TPSA) is 26.7 Å². The van der Waals surface area contributed by atoms with E-state index in [4.69, 9.17) is 5.11 Å². The normalized spacial score (nSPS) is 19.0. The van der Waals surface area contributed by atoms with Gasteiger partial charge in [0.1, 0.15) is 0 Å². The Labute approximate surface area is 132 Å². The maximum atomic E-state index is 8.74. The van der Waals surface area contributed by atoms with Crippen molar-refractivity contribution in [1.29, 1.82) is 0 Å². The monoisotopic (exact) mass is 306 g/mol. The zero-order chi connectivity index (χ0) is 15.1. The molecule has 0 saturated carbocycles. The molecular formula is C17H26N2OS. The third-order valence-corrected chi connectivity index (χ3v) is 5.00. The van der Waals surface area contributed by atoms with Crippen molar-refractivity contribution in [3.63, 3.8) is 0 Å². The number of likely N-dealkylation sites (N-methyl/N-ethyl adjacent to an activating group) is 1. The molecule has 1 fully saturated rings. The van der Waals surface area contributed by atoms with E-state index in [0.717, 1.165) is 31.2 Å². The first-order valence-corrected chi connectivity index (χ1v) is 8.78. The summed E-state index contributed by atoms with van der Waals surface area (Å²) in [5.74, 6) is 6.09. The quantitative estimate of drug-likeness (QED) is 0.818. The Morgan fingerprint density at radius 2 is 2.24 bits per heavy atom. The van der Waals surface area contributed by atoms with Gasteiger partial charge in [-0.2, -0.15) is 0 Å². The van der Waals surface area contributed by atoms with Crippen LogP contribution >= 0.6 is 11.3 Å². The molecule has 0 radical (unpaired) electrons. The van der Waals surface area contributed by atoms with E-state index in [1.807, 2.05) is 0 Å². The van der Waals surface area contributed by atoms with Crippen LogP contribution in [0.3, 0.4) is 0 Å². The summed E-state index contributed by atoms with van der Waals surface area (Å²) in [5, 5.41) is 10.9. The number of hydrogen-bond donors (Lipinski definition) is 1. The molecule has 0 bridgehead atoms. The van der Waals surface area contributed by atoms with Gasteiger partial charge in [-0.25, -0.2) is 0 Å². The van der Waals surface area contributed by atoms with Crippen molar-refractivity contribution < 1.29 is 5.11 Å².